The zero-order valence-electron chi connectivity index (χ0n) is 8.08. The van der Waals surface area contributed by atoms with E-state index < -0.39 is 0 Å². The smallest absolute Gasteiger partial charge is 0.166 e. The maximum atomic E-state index is 4.46. The van der Waals surface area contributed by atoms with Gasteiger partial charge in [-0.1, -0.05) is 23.9 Å². The summed E-state index contributed by atoms with van der Waals surface area (Å²) in [6.07, 6.45) is 0. The number of hydrogen-bond acceptors (Lipinski definition) is 3. The minimum absolute atomic E-state index is 1.00. The van der Waals surface area contributed by atoms with Crippen LogP contribution in [0.5, 0.6) is 0 Å². The molecule has 0 unspecified atom stereocenters. The van der Waals surface area contributed by atoms with Crippen molar-refractivity contribution in [3.8, 4) is 0 Å². The fourth-order valence-corrected chi connectivity index (χ4v) is 2.09. The summed E-state index contributed by atoms with van der Waals surface area (Å²) in [6.45, 7) is 1.00. The Hall–Kier alpha value is -1.00. The number of aromatic nitrogens is 2. The molecule has 0 atom stereocenters. The molecule has 0 aliphatic rings. The van der Waals surface area contributed by atoms with Gasteiger partial charge in [0.05, 0.1) is 11.0 Å². The molecule has 2 N–H and O–H groups in total. The van der Waals surface area contributed by atoms with Gasteiger partial charge in [0, 0.05) is 12.3 Å². The molecule has 1 heterocycles. The molecule has 14 heavy (non-hydrogen) atoms. The van der Waals surface area contributed by atoms with Crippen LogP contribution in [0, 0.1) is 0 Å². The van der Waals surface area contributed by atoms with Gasteiger partial charge in [-0.25, -0.2) is 4.98 Å². The Bertz CT molecular complexity index is 377. The number of thioether (sulfide) groups is 1. The molecule has 1 aromatic heterocycles. The zero-order valence-corrected chi connectivity index (χ0v) is 8.90. The van der Waals surface area contributed by atoms with Gasteiger partial charge in [0.1, 0.15) is 0 Å². The first kappa shape index (κ1) is 9.55. The van der Waals surface area contributed by atoms with Crippen molar-refractivity contribution in [2.75, 3.05) is 19.3 Å². The van der Waals surface area contributed by atoms with Crippen LogP contribution in [0.4, 0.5) is 0 Å². The molecule has 0 fully saturated rings. The SMILES string of the molecule is CNCCSc1nc2ccccc2[nH]1. The summed E-state index contributed by atoms with van der Waals surface area (Å²) < 4.78 is 0. The van der Waals surface area contributed by atoms with E-state index in [1.807, 2.05) is 31.3 Å². The number of imidazole rings is 1. The molecule has 0 bridgehead atoms. The highest BCUT2D eigenvalue weighted by Gasteiger charge is 2.00. The summed E-state index contributed by atoms with van der Waals surface area (Å²) in [5, 5.41) is 4.11. The van der Waals surface area contributed by atoms with Crippen molar-refractivity contribution >= 4 is 22.8 Å². The van der Waals surface area contributed by atoms with Crippen LogP contribution in [0.1, 0.15) is 0 Å². The van der Waals surface area contributed by atoms with Crippen LogP contribution in [0.15, 0.2) is 29.4 Å². The summed E-state index contributed by atoms with van der Waals surface area (Å²) >= 11 is 1.74. The van der Waals surface area contributed by atoms with E-state index in [1.165, 1.54) is 0 Å². The second-order valence-electron chi connectivity index (χ2n) is 3.01. The van der Waals surface area contributed by atoms with Crippen LogP contribution < -0.4 is 5.32 Å². The van der Waals surface area contributed by atoms with Gasteiger partial charge in [-0.15, -0.1) is 0 Å². The molecule has 3 nitrogen and oxygen atoms in total. The molecule has 1 aromatic carbocycles. The third-order valence-electron chi connectivity index (χ3n) is 1.96. The van der Waals surface area contributed by atoms with Gasteiger partial charge in [-0.3, -0.25) is 0 Å². The second kappa shape index (κ2) is 4.48. The predicted octanol–water partition coefficient (Wildman–Crippen LogP) is 1.87. The number of fused-ring (bicyclic) bond motifs is 1. The molecule has 2 rings (SSSR count). The Kier molecular flexibility index (Phi) is 3.06. The molecular formula is C10H13N3S. The Morgan fingerprint density at radius 1 is 1.43 bits per heavy atom. The Balaban J connectivity index is 2.11. The minimum Gasteiger partial charge on any atom is -0.333 e. The lowest BCUT2D eigenvalue weighted by Crippen LogP contribution is -2.09. The highest BCUT2D eigenvalue weighted by molar-refractivity contribution is 7.99. The topological polar surface area (TPSA) is 40.7 Å². The lowest BCUT2D eigenvalue weighted by molar-refractivity contribution is 0.870. The maximum absolute atomic E-state index is 4.46. The fraction of sp³-hybridized carbons (Fsp3) is 0.300. The van der Waals surface area contributed by atoms with E-state index in [0.29, 0.717) is 0 Å². The quantitative estimate of drug-likeness (QED) is 0.594. The monoisotopic (exact) mass is 207 g/mol. The van der Waals surface area contributed by atoms with Gasteiger partial charge in [-0.2, -0.15) is 0 Å². The molecular weight excluding hydrogens is 194 g/mol. The van der Waals surface area contributed by atoms with Gasteiger partial charge < -0.3 is 10.3 Å². The summed E-state index contributed by atoms with van der Waals surface area (Å²) in [5.74, 6) is 1.04. The number of nitrogens with zero attached hydrogens (tertiary/aromatic N) is 1. The summed E-state index contributed by atoms with van der Waals surface area (Å²) in [7, 11) is 1.96. The highest BCUT2D eigenvalue weighted by atomic mass is 32.2. The molecule has 0 radical (unpaired) electrons. The van der Waals surface area contributed by atoms with Gasteiger partial charge >= 0.3 is 0 Å². The summed E-state index contributed by atoms with van der Waals surface area (Å²) in [5.41, 5.74) is 2.15. The van der Waals surface area contributed by atoms with Gasteiger partial charge in [-0.05, 0) is 19.2 Å². The largest absolute Gasteiger partial charge is 0.333 e. The Morgan fingerprint density at radius 2 is 2.29 bits per heavy atom. The van der Waals surface area contributed by atoms with Crippen molar-refractivity contribution in [1.29, 1.82) is 0 Å². The molecule has 0 saturated heterocycles. The van der Waals surface area contributed by atoms with Crippen molar-refractivity contribution in [2.45, 2.75) is 5.16 Å². The van der Waals surface area contributed by atoms with E-state index in [1.54, 1.807) is 11.8 Å². The highest BCUT2D eigenvalue weighted by Crippen LogP contribution is 2.18. The molecule has 0 spiro atoms. The molecule has 4 heteroatoms. The average molecular weight is 207 g/mol. The normalized spacial score (nSPS) is 10.9. The lowest BCUT2D eigenvalue weighted by atomic mass is 10.3. The number of H-pyrrole nitrogens is 1. The Morgan fingerprint density at radius 3 is 3.07 bits per heavy atom. The minimum atomic E-state index is 1.00. The van der Waals surface area contributed by atoms with E-state index in [9.17, 15) is 0 Å². The molecule has 2 aromatic rings. The molecule has 0 saturated carbocycles. The number of hydrogen-bond donors (Lipinski definition) is 2. The van der Waals surface area contributed by atoms with Crippen molar-refractivity contribution in [2.24, 2.45) is 0 Å². The molecule has 0 aliphatic carbocycles. The van der Waals surface area contributed by atoms with E-state index >= 15 is 0 Å². The Labute approximate surface area is 87.3 Å². The van der Waals surface area contributed by atoms with Gasteiger partial charge in [0.25, 0.3) is 0 Å². The molecule has 74 valence electrons. The van der Waals surface area contributed by atoms with Crippen LogP contribution in [0.2, 0.25) is 0 Å². The van der Waals surface area contributed by atoms with Crippen LogP contribution in [0.25, 0.3) is 11.0 Å². The van der Waals surface area contributed by atoms with Gasteiger partial charge in [0.2, 0.25) is 0 Å². The number of para-hydroxylation sites is 2. The lowest BCUT2D eigenvalue weighted by Gasteiger charge is -1.95. The van der Waals surface area contributed by atoms with Crippen LogP contribution in [0.3, 0.4) is 0 Å². The van der Waals surface area contributed by atoms with E-state index in [-0.39, 0.29) is 0 Å². The van der Waals surface area contributed by atoms with Gasteiger partial charge in [0.15, 0.2) is 5.16 Å². The number of aromatic amines is 1. The molecule has 0 amide bonds. The molecule has 0 aliphatic heterocycles. The standard InChI is InChI=1S/C10H13N3S/c1-11-6-7-14-10-12-8-4-2-3-5-9(8)13-10/h2-5,11H,6-7H2,1H3,(H,12,13). The fourth-order valence-electron chi connectivity index (χ4n) is 1.25. The number of benzene rings is 1. The zero-order chi connectivity index (χ0) is 9.80. The van der Waals surface area contributed by atoms with E-state index in [2.05, 4.69) is 15.3 Å². The maximum Gasteiger partial charge on any atom is 0.166 e. The van der Waals surface area contributed by atoms with Crippen LogP contribution in [-0.4, -0.2) is 29.3 Å². The van der Waals surface area contributed by atoms with Crippen molar-refractivity contribution < 1.29 is 0 Å². The number of nitrogens with one attached hydrogen (secondary N) is 2. The number of rotatable bonds is 4. The van der Waals surface area contributed by atoms with Crippen molar-refractivity contribution in [1.82, 2.24) is 15.3 Å². The third-order valence-corrected chi connectivity index (χ3v) is 2.83. The average Bonchev–Trinajstić information content (AvgIpc) is 2.60. The first-order chi connectivity index (χ1) is 6.90. The predicted molar refractivity (Wildman–Crippen MR) is 60.7 cm³/mol. The van der Waals surface area contributed by atoms with Crippen LogP contribution >= 0.6 is 11.8 Å². The first-order valence-electron chi connectivity index (χ1n) is 4.62. The second-order valence-corrected chi connectivity index (χ2v) is 4.09. The van der Waals surface area contributed by atoms with Crippen LogP contribution in [-0.2, 0) is 0 Å². The summed E-state index contributed by atoms with van der Waals surface area (Å²) in [6, 6.07) is 8.09. The van der Waals surface area contributed by atoms with Crippen molar-refractivity contribution in [3.63, 3.8) is 0 Å². The first-order valence-corrected chi connectivity index (χ1v) is 5.61. The van der Waals surface area contributed by atoms with Crippen molar-refractivity contribution in [3.05, 3.63) is 24.3 Å². The summed E-state index contributed by atoms with van der Waals surface area (Å²) in [4.78, 5) is 7.74. The van der Waals surface area contributed by atoms with E-state index in [4.69, 9.17) is 0 Å². The van der Waals surface area contributed by atoms with E-state index in [0.717, 1.165) is 28.5 Å². The third kappa shape index (κ3) is 2.08.